The van der Waals surface area contributed by atoms with E-state index in [9.17, 15) is 13.2 Å². The Morgan fingerprint density at radius 1 is 1.45 bits per heavy atom. The molecule has 0 saturated heterocycles. The number of sulfonamides is 1. The summed E-state index contributed by atoms with van der Waals surface area (Å²) in [5.41, 5.74) is 0. The maximum absolute atomic E-state index is 10.6. The number of hydrogen-bond acceptors (Lipinski definition) is 4. The molecule has 4 nitrogen and oxygen atoms in total. The van der Waals surface area contributed by atoms with Crippen LogP contribution in [-0.2, 0) is 10.0 Å². The maximum atomic E-state index is 10.6. The van der Waals surface area contributed by atoms with Gasteiger partial charge in [-0.3, -0.25) is 4.79 Å². The van der Waals surface area contributed by atoms with Gasteiger partial charge in [0.1, 0.15) is 4.21 Å². The topological polar surface area (TPSA) is 77.2 Å². The van der Waals surface area contributed by atoms with Crippen molar-refractivity contribution in [2.24, 2.45) is 5.14 Å². The summed E-state index contributed by atoms with van der Waals surface area (Å²) in [7, 11) is -3.63. The van der Waals surface area contributed by atoms with Gasteiger partial charge >= 0.3 is 0 Å². The summed E-state index contributed by atoms with van der Waals surface area (Å²) < 4.78 is 21.3. The van der Waals surface area contributed by atoms with Crippen molar-refractivity contribution in [3.8, 4) is 0 Å². The standard InChI is InChI=1S/C5H5NO3S2/c6-11(8,9)5-2-1-4(3-7)10-5/h1-3H,(H2,6,8,9). The molecule has 0 aliphatic heterocycles. The van der Waals surface area contributed by atoms with Gasteiger partial charge in [-0.05, 0) is 12.1 Å². The molecule has 0 amide bonds. The summed E-state index contributed by atoms with van der Waals surface area (Å²) in [6.45, 7) is 0. The van der Waals surface area contributed by atoms with Crippen LogP contribution >= 0.6 is 11.3 Å². The SMILES string of the molecule is NS(=O)(=O)c1ccc(C=O)s1. The van der Waals surface area contributed by atoms with Gasteiger partial charge in [0.25, 0.3) is 0 Å². The van der Waals surface area contributed by atoms with Crippen molar-refractivity contribution in [2.75, 3.05) is 0 Å². The number of nitrogens with two attached hydrogens (primary N) is 1. The fourth-order valence-corrected chi connectivity index (χ4v) is 2.11. The zero-order chi connectivity index (χ0) is 8.48. The van der Waals surface area contributed by atoms with Gasteiger partial charge < -0.3 is 0 Å². The van der Waals surface area contributed by atoms with Crippen LogP contribution in [0.25, 0.3) is 0 Å². The minimum atomic E-state index is -3.63. The average Bonchev–Trinajstić information content (AvgIpc) is 2.32. The molecule has 11 heavy (non-hydrogen) atoms. The molecule has 0 fully saturated rings. The second-order valence-electron chi connectivity index (χ2n) is 1.82. The number of hydrogen-bond donors (Lipinski definition) is 1. The summed E-state index contributed by atoms with van der Waals surface area (Å²) >= 11 is 0.859. The summed E-state index contributed by atoms with van der Waals surface area (Å²) in [5.74, 6) is 0. The molecule has 0 bridgehead atoms. The highest BCUT2D eigenvalue weighted by molar-refractivity contribution is 7.91. The van der Waals surface area contributed by atoms with E-state index in [1.165, 1.54) is 12.1 Å². The van der Waals surface area contributed by atoms with Crippen LogP contribution in [-0.4, -0.2) is 14.7 Å². The van der Waals surface area contributed by atoms with Gasteiger partial charge in [-0.1, -0.05) is 0 Å². The Morgan fingerprint density at radius 2 is 2.09 bits per heavy atom. The first-order valence-electron chi connectivity index (χ1n) is 2.62. The van der Waals surface area contributed by atoms with Crippen molar-refractivity contribution < 1.29 is 13.2 Å². The first kappa shape index (κ1) is 8.38. The Hall–Kier alpha value is -0.720. The van der Waals surface area contributed by atoms with Gasteiger partial charge in [-0.25, -0.2) is 13.6 Å². The van der Waals surface area contributed by atoms with E-state index in [4.69, 9.17) is 5.14 Å². The lowest BCUT2D eigenvalue weighted by Crippen LogP contribution is -2.09. The van der Waals surface area contributed by atoms with E-state index in [2.05, 4.69) is 0 Å². The highest BCUT2D eigenvalue weighted by Crippen LogP contribution is 2.17. The van der Waals surface area contributed by atoms with Crippen molar-refractivity contribution in [3.05, 3.63) is 17.0 Å². The third-order valence-electron chi connectivity index (χ3n) is 0.999. The quantitative estimate of drug-likeness (QED) is 0.679. The van der Waals surface area contributed by atoms with Crippen molar-refractivity contribution in [2.45, 2.75) is 4.21 Å². The van der Waals surface area contributed by atoms with Gasteiger partial charge in [-0.15, -0.1) is 11.3 Å². The third kappa shape index (κ3) is 1.86. The van der Waals surface area contributed by atoms with Crippen LogP contribution in [0.15, 0.2) is 16.3 Å². The monoisotopic (exact) mass is 191 g/mol. The van der Waals surface area contributed by atoms with E-state index in [-0.39, 0.29) is 4.21 Å². The predicted molar refractivity (Wildman–Crippen MR) is 41.1 cm³/mol. The Morgan fingerprint density at radius 3 is 2.36 bits per heavy atom. The molecule has 6 heteroatoms. The predicted octanol–water partition coefficient (Wildman–Crippen LogP) is 0.208. The Balaban J connectivity index is 3.18. The molecule has 1 aromatic rings. The largest absolute Gasteiger partial charge is 0.297 e. The molecule has 0 atom stereocenters. The zero-order valence-electron chi connectivity index (χ0n) is 5.35. The number of aldehydes is 1. The molecule has 0 saturated carbocycles. The Labute approximate surface area is 67.7 Å². The minimum absolute atomic E-state index is 0.0135. The van der Waals surface area contributed by atoms with Crippen LogP contribution in [0.1, 0.15) is 9.67 Å². The van der Waals surface area contributed by atoms with Crippen molar-refractivity contribution >= 4 is 27.6 Å². The second kappa shape index (κ2) is 2.72. The third-order valence-corrected chi connectivity index (χ3v) is 3.45. The fraction of sp³-hybridized carbons (Fsp3) is 0. The van der Waals surface area contributed by atoms with E-state index in [0.717, 1.165) is 11.3 Å². The van der Waals surface area contributed by atoms with Gasteiger partial charge in [0.2, 0.25) is 10.0 Å². The zero-order valence-corrected chi connectivity index (χ0v) is 6.98. The molecule has 2 N–H and O–H groups in total. The van der Waals surface area contributed by atoms with Crippen LogP contribution in [0.2, 0.25) is 0 Å². The van der Waals surface area contributed by atoms with E-state index in [1.807, 2.05) is 0 Å². The van der Waals surface area contributed by atoms with Gasteiger partial charge in [-0.2, -0.15) is 0 Å². The minimum Gasteiger partial charge on any atom is -0.297 e. The van der Waals surface area contributed by atoms with Crippen molar-refractivity contribution in [1.29, 1.82) is 0 Å². The van der Waals surface area contributed by atoms with E-state index in [1.54, 1.807) is 0 Å². The number of carbonyl (C=O) groups excluding carboxylic acids is 1. The molecular formula is C5H5NO3S2. The van der Waals surface area contributed by atoms with Gasteiger partial charge in [0, 0.05) is 0 Å². The summed E-state index contributed by atoms with van der Waals surface area (Å²) in [4.78, 5) is 10.5. The second-order valence-corrected chi connectivity index (χ2v) is 4.72. The number of rotatable bonds is 2. The van der Waals surface area contributed by atoms with E-state index in [0.29, 0.717) is 11.2 Å². The molecular weight excluding hydrogens is 186 g/mol. The molecule has 1 rings (SSSR count). The normalized spacial score (nSPS) is 11.4. The Kier molecular flexibility index (Phi) is 2.08. The number of carbonyl (C=O) groups is 1. The molecule has 0 radical (unpaired) electrons. The molecule has 0 aromatic carbocycles. The van der Waals surface area contributed by atoms with Crippen LogP contribution in [0, 0.1) is 0 Å². The summed E-state index contributed by atoms with van der Waals surface area (Å²) in [5, 5.41) is 4.79. The van der Waals surface area contributed by atoms with Crippen molar-refractivity contribution in [1.82, 2.24) is 0 Å². The highest BCUT2D eigenvalue weighted by atomic mass is 32.2. The lowest BCUT2D eigenvalue weighted by molar-refractivity contribution is 0.112. The number of thiophene rings is 1. The smallest absolute Gasteiger partial charge is 0.247 e. The van der Waals surface area contributed by atoms with E-state index < -0.39 is 10.0 Å². The molecule has 0 spiro atoms. The Bertz CT molecular complexity index is 365. The lowest BCUT2D eigenvalue weighted by atomic mass is 10.5. The fourth-order valence-electron chi connectivity index (χ4n) is 0.551. The molecule has 0 unspecified atom stereocenters. The van der Waals surface area contributed by atoms with Crippen LogP contribution in [0.4, 0.5) is 0 Å². The first-order chi connectivity index (χ1) is 5.04. The summed E-state index contributed by atoms with van der Waals surface area (Å²) in [6.07, 6.45) is 0.583. The molecule has 0 aliphatic rings. The highest BCUT2D eigenvalue weighted by Gasteiger charge is 2.09. The molecule has 1 aromatic heterocycles. The summed E-state index contributed by atoms with van der Waals surface area (Å²) in [6, 6.07) is 2.72. The van der Waals surface area contributed by atoms with Crippen LogP contribution < -0.4 is 5.14 Å². The van der Waals surface area contributed by atoms with Crippen LogP contribution in [0.5, 0.6) is 0 Å². The first-order valence-corrected chi connectivity index (χ1v) is 4.98. The lowest BCUT2D eigenvalue weighted by Gasteiger charge is -1.87. The van der Waals surface area contributed by atoms with Crippen LogP contribution in [0.3, 0.4) is 0 Å². The number of primary sulfonamides is 1. The van der Waals surface area contributed by atoms with Gasteiger partial charge in [0.05, 0.1) is 4.88 Å². The van der Waals surface area contributed by atoms with Gasteiger partial charge in [0.15, 0.2) is 6.29 Å². The molecule has 1 heterocycles. The molecule has 60 valence electrons. The molecule has 0 aliphatic carbocycles. The van der Waals surface area contributed by atoms with Crippen molar-refractivity contribution in [3.63, 3.8) is 0 Å². The average molecular weight is 191 g/mol. The van der Waals surface area contributed by atoms with E-state index >= 15 is 0 Å². The maximum Gasteiger partial charge on any atom is 0.247 e.